The highest BCUT2D eigenvalue weighted by Gasteiger charge is 2.05. The van der Waals surface area contributed by atoms with Gasteiger partial charge in [0.25, 0.3) is 0 Å². The number of amides is 2. The van der Waals surface area contributed by atoms with Crippen LogP contribution in [0.25, 0.3) is 0 Å². The van der Waals surface area contributed by atoms with Gasteiger partial charge in [-0.05, 0) is 6.07 Å². The van der Waals surface area contributed by atoms with E-state index in [1.54, 1.807) is 17.8 Å². The molecule has 2 N–H and O–H groups in total. The SMILES string of the molecule is C=CCSCCNC(=O)Nc1ccncc1F. The van der Waals surface area contributed by atoms with Gasteiger partial charge in [0.2, 0.25) is 0 Å². The molecule has 4 nitrogen and oxygen atoms in total. The molecule has 1 aromatic heterocycles. The fourth-order valence-electron chi connectivity index (χ4n) is 1.05. The summed E-state index contributed by atoms with van der Waals surface area (Å²) >= 11 is 1.66. The minimum atomic E-state index is -0.552. The molecule has 0 saturated heterocycles. The largest absolute Gasteiger partial charge is 0.337 e. The maximum absolute atomic E-state index is 13.1. The standard InChI is InChI=1S/C11H14FN3OS/c1-2-6-17-7-5-14-11(16)15-10-3-4-13-8-9(10)12/h2-4,8H,1,5-7H2,(H2,13,14,15,16). The average molecular weight is 255 g/mol. The molecule has 0 aliphatic rings. The van der Waals surface area contributed by atoms with Gasteiger partial charge >= 0.3 is 6.03 Å². The molecule has 0 atom stereocenters. The Kier molecular flexibility index (Phi) is 6.09. The fourth-order valence-corrected chi connectivity index (χ4v) is 1.63. The summed E-state index contributed by atoms with van der Waals surface area (Å²) in [6.45, 7) is 4.12. The third kappa shape index (κ3) is 5.35. The zero-order valence-electron chi connectivity index (χ0n) is 9.28. The van der Waals surface area contributed by atoms with Crippen LogP contribution in [0.1, 0.15) is 0 Å². The zero-order chi connectivity index (χ0) is 12.5. The van der Waals surface area contributed by atoms with Crippen molar-refractivity contribution in [1.29, 1.82) is 0 Å². The summed E-state index contributed by atoms with van der Waals surface area (Å²) in [6, 6.07) is 0.982. The van der Waals surface area contributed by atoms with E-state index >= 15 is 0 Å². The van der Waals surface area contributed by atoms with Gasteiger partial charge in [-0.15, -0.1) is 6.58 Å². The molecule has 0 saturated carbocycles. The van der Waals surface area contributed by atoms with Crippen molar-refractivity contribution in [3.63, 3.8) is 0 Å². The third-order valence-corrected chi connectivity index (χ3v) is 2.75. The van der Waals surface area contributed by atoms with Crippen LogP contribution in [0.2, 0.25) is 0 Å². The first-order chi connectivity index (χ1) is 8.24. The quantitative estimate of drug-likeness (QED) is 0.605. The maximum Gasteiger partial charge on any atom is 0.319 e. The van der Waals surface area contributed by atoms with Crippen molar-refractivity contribution >= 4 is 23.5 Å². The third-order valence-electron chi connectivity index (χ3n) is 1.79. The van der Waals surface area contributed by atoms with Gasteiger partial charge in [-0.25, -0.2) is 9.18 Å². The van der Waals surface area contributed by atoms with E-state index in [-0.39, 0.29) is 5.69 Å². The second-order valence-electron chi connectivity index (χ2n) is 3.10. The van der Waals surface area contributed by atoms with Crippen LogP contribution in [0.4, 0.5) is 14.9 Å². The van der Waals surface area contributed by atoms with E-state index in [0.29, 0.717) is 6.54 Å². The predicted octanol–water partition coefficient (Wildman–Crippen LogP) is 2.26. The van der Waals surface area contributed by atoms with Crippen molar-refractivity contribution in [3.8, 4) is 0 Å². The number of rotatable bonds is 6. The van der Waals surface area contributed by atoms with Crippen LogP contribution in [0.5, 0.6) is 0 Å². The Morgan fingerprint density at radius 1 is 1.65 bits per heavy atom. The lowest BCUT2D eigenvalue weighted by molar-refractivity contribution is 0.252. The van der Waals surface area contributed by atoms with Crippen LogP contribution in [0, 0.1) is 5.82 Å². The summed E-state index contributed by atoms with van der Waals surface area (Å²) in [5, 5.41) is 5.03. The van der Waals surface area contributed by atoms with Gasteiger partial charge in [0.1, 0.15) is 0 Å². The Hall–Kier alpha value is -1.56. The van der Waals surface area contributed by atoms with Crippen molar-refractivity contribution in [2.45, 2.75) is 0 Å². The van der Waals surface area contributed by atoms with Crippen molar-refractivity contribution in [2.24, 2.45) is 0 Å². The van der Waals surface area contributed by atoms with Crippen molar-refractivity contribution in [1.82, 2.24) is 10.3 Å². The topological polar surface area (TPSA) is 54.0 Å². The first kappa shape index (κ1) is 13.5. The summed E-state index contributed by atoms with van der Waals surface area (Å²) in [5.41, 5.74) is 0.122. The number of thioether (sulfide) groups is 1. The predicted molar refractivity (Wildman–Crippen MR) is 68.7 cm³/mol. The van der Waals surface area contributed by atoms with Gasteiger partial charge in [0.15, 0.2) is 5.82 Å². The number of urea groups is 1. The van der Waals surface area contributed by atoms with Crippen LogP contribution in [-0.2, 0) is 0 Å². The van der Waals surface area contributed by atoms with E-state index in [9.17, 15) is 9.18 Å². The molecule has 0 aromatic carbocycles. The second-order valence-corrected chi connectivity index (χ2v) is 4.25. The summed E-state index contributed by atoms with van der Waals surface area (Å²) in [4.78, 5) is 14.9. The van der Waals surface area contributed by atoms with Gasteiger partial charge in [-0.2, -0.15) is 11.8 Å². The van der Waals surface area contributed by atoms with E-state index < -0.39 is 11.8 Å². The van der Waals surface area contributed by atoms with E-state index in [1.807, 2.05) is 0 Å². The van der Waals surface area contributed by atoms with Gasteiger partial charge in [-0.3, -0.25) is 4.98 Å². The van der Waals surface area contributed by atoms with Crippen molar-refractivity contribution in [3.05, 3.63) is 36.9 Å². The van der Waals surface area contributed by atoms with Gasteiger partial charge in [-0.1, -0.05) is 6.08 Å². The molecular formula is C11H14FN3OS. The number of aromatic nitrogens is 1. The molecule has 1 heterocycles. The Morgan fingerprint density at radius 3 is 3.18 bits per heavy atom. The summed E-state index contributed by atoms with van der Waals surface area (Å²) in [5.74, 6) is 1.09. The number of anilines is 1. The molecule has 1 aromatic rings. The Labute approximate surface area is 104 Å². The van der Waals surface area contributed by atoms with E-state index in [0.717, 1.165) is 17.7 Å². The summed E-state index contributed by atoms with van der Waals surface area (Å²) in [7, 11) is 0. The average Bonchev–Trinajstić information content (AvgIpc) is 2.32. The first-order valence-electron chi connectivity index (χ1n) is 5.07. The number of pyridine rings is 1. The molecule has 0 fully saturated rings. The molecule has 6 heteroatoms. The number of carbonyl (C=O) groups is 1. The minimum Gasteiger partial charge on any atom is -0.337 e. The Morgan fingerprint density at radius 2 is 2.47 bits per heavy atom. The Bertz CT molecular complexity index is 387. The number of nitrogens with zero attached hydrogens (tertiary/aromatic N) is 1. The van der Waals surface area contributed by atoms with E-state index in [4.69, 9.17) is 0 Å². The fraction of sp³-hybridized carbons (Fsp3) is 0.273. The van der Waals surface area contributed by atoms with E-state index in [2.05, 4.69) is 22.2 Å². The molecule has 0 radical (unpaired) electrons. The first-order valence-corrected chi connectivity index (χ1v) is 6.22. The molecule has 0 aliphatic heterocycles. The monoisotopic (exact) mass is 255 g/mol. The number of carbonyl (C=O) groups excluding carboxylic acids is 1. The molecule has 17 heavy (non-hydrogen) atoms. The maximum atomic E-state index is 13.1. The molecule has 0 unspecified atom stereocenters. The number of halogens is 1. The van der Waals surface area contributed by atoms with Crippen LogP contribution in [-0.4, -0.2) is 29.1 Å². The highest BCUT2D eigenvalue weighted by molar-refractivity contribution is 7.99. The van der Waals surface area contributed by atoms with E-state index in [1.165, 1.54) is 12.3 Å². The molecule has 0 aliphatic carbocycles. The zero-order valence-corrected chi connectivity index (χ0v) is 10.1. The van der Waals surface area contributed by atoms with Crippen LogP contribution < -0.4 is 10.6 Å². The molecule has 2 amide bonds. The Balaban J connectivity index is 2.25. The smallest absolute Gasteiger partial charge is 0.319 e. The second kappa shape index (κ2) is 7.67. The normalized spacial score (nSPS) is 9.71. The lowest BCUT2D eigenvalue weighted by atomic mass is 10.4. The number of nitrogens with one attached hydrogen (secondary N) is 2. The molecule has 92 valence electrons. The molecule has 0 spiro atoms. The molecule has 0 bridgehead atoms. The highest BCUT2D eigenvalue weighted by Crippen LogP contribution is 2.10. The summed E-state index contributed by atoms with van der Waals surface area (Å²) in [6.07, 6.45) is 4.27. The highest BCUT2D eigenvalue weighted by atomic mass is 32.2. The minimum absolute atomic E-state index is 0.122. The molecule has 1 rings (SSSR count). The van der Waals surface area contributed by atoms with Crippen molar-refractivity contribution < 1.29 is 9.18 Å². The van der Waals surface area contributed by atoms with Gasteiger partial charge < -0.3 is 10.6 Å². The molecular weight excluding hydrogens is 241 g/mol. The number of hydrogen-bond donors (Lipinski definition) is 2. The lowest BCUT2D eigenvalue weighted by Gasteiger charge is -2.07. The van der Waals surface area contributed by atoms with Crippen LogP contribution in [0.15, 0.2) is 31.1 Å². The van der Waals surface area contributed by atoms with Gasteiger partial charge in [0.05, 0.1) is 11.9 Å². The van der Waals surface area contributed by atoms with Crippen LogP contribution in [0.3, 0.4) is 0 Å². The van der Waals surface area contributed by atoms with Gasteiger partial charge in [0, 0.05) is 24.2 Å². The van der Waals surface area contributed by atoms with Crippen LogP contribution >= 0.6 is 11.8 Å². The summed E-state index contributed by atoms with van der Waals surface area (Å²) < 4.78 is 13.1. The number of hydrogen-bond acceptors (Lipinski definition) is 3. The van der Waals surface area contributed by atoms with Crippen molar-refractivity contribution in [2.75, 3.05) is 23.4 Å². The lowest BCUT2D eigenvalue weighted by Crippen LogP contribution is -2.30.